The number of terminal acetylenes is 1. The lowest BCUT2D eigenvalue weighted by atomic mass is 10.1. The summed E-state index contributed by atoms with van der Waals surface area (Å²) in [7, 11) is 0. The molecule has 2 rings (SSSR count). The lowest BCUT2D eigenvalue weighted by molar-refractivity contribution is 0.224. The van der Waals surface area contributed by atoms with Gasteiger partial charge in [0.2, 0.25) is 0 Å². The number of rotatable bonds is 5. The minimum absolute atomic E-state index is 0.173. The maximum atomic E-state index is 5.85. The Bertz CT molecular complexity index is 383. The molecule has 17 heavy (non-hydrogen) atoms. The van der Waals surface area contributed by atoms with E-state index in [4.69, 9.17) is 11.2 Å². The first-order chi connectivity index (χ1) is 8.33. The molecule has 0 aromatic heterocycles. The fourth-order valence-corrected chi connectivity index (χ4v) is 2.17. The highest BCUT2D eigenvalue weighted by atomic mass is 16.5. The number of nitrogens with one attached hydrogen (secondary N) is 1. The van der Waals surface area contributed by atoms with E-state index >= 15 is 0 Å². The van der Waals surface area contributed by atoms with Gasteiger partial charge in [-0.15, -0.1) is 6.42 Å². The predicted octanol–water partition coefficient (Wildman–Crippen LogP) is 2.38. The number of hydrogen-bond donors (Lipinski definition) is 1. The first-order valence-corrected chi connectivity index (χ1v) is 6.27. The Morgan fingerprint density at radius 2 is 2.35 bits per heavy atom. The molecule has 90 valence electrons. The molecule has 0 radical (unpaired) electrons. The average Bonchev–Trinajstić information content (AvgIpc) is 2.77. The summed E-state index contributed by atoms with van der Waals surface area (Å²) < 4.78 is 5.85. The highest BCUT2D eigenvalue weighted by molar-refractivity contribution is 5.37. The number of para-hydroxylation sites is 1. The van der Waals surface area contributed by atoms with Crippen LogP contribution < -0.4 is 10.1 Å². The molecule has 0 bridgehead atoms. The molecule has 0 saturated heterocycles. The Hall–Kier alpha value is -1.46. The van der Waals surface area contributed by atoms with Crippen molar-refractivity contribution in [1.29, 1.82) is 0 Å². The number of ether oxygens (including phenoxy) is 1. The summed E-state index contributed by atoms with van der Waals surface area (Å²) >= 11 is 0. The van der Waals surface area contributed by atoms with E-state index in [0.717, 1.165) is 31.6 Å². The SMILES string of the molecule is C#CC(CCC)NCC1Cc2ccccc2O1. The summed E-state index contributed by atoms with van der Waals surface area (Å²) in [6, 6.07) is 8.39. The molecular formula is C15H19NO. The van der Waals surface area contributed by atoms with Gasteiger partial charge in [-0.2, -0.15) is 0 Å². The largest absolute Gasteiger partial charge is 0.488 e. The van der Waals surface area contributed by atoms with Crippen molar-refractivity contribution in [3.8, 4) is 18.1 Å². The van der Waals surface area contributed by atoms with Gasteiger partial charge in [0, 0.05) is 13.0 Å². The molecule has 2 heteroatoms. The van der Waals surface area contributed by atoms with Gasteiger partial charge < -0.3 is 4.74 Å². The van der Waals surface area contributed by atoms with E-state index in [-0.39, 0.29) is 12.1 Å². The number of fused-ring (bicyclic) bond motifs is 1. The summed E-state index contributed by atoms with van der Waals surface area (Å²) in [5, 5.41) is 3.39. The second-order valence-electron chi connectivity index (χ2n) is 4.47. The van der Waals surface area contributed by atoms with Crippen LogP contribution in [0.15, 0.2) is 24.3 Å². The molecule has 1 aliphatic heterocycles. The van der Waals surface area contributed by atoms with E-state index in [0.29, 0.717) is 0 Å². The predicted molar refractivity (Wildman–Crippen MR) is 70.1 cm³/mol. The summed E-state index contributed by atoms with van der Waals surface area (Å²) in [6.45, 7) is 2.97. The summed E-state index contributed by atoms with van der Waals surface area (Å²) in [6.07, 6.45) is 8.80. The van der Waals surface area contributed by atoms with Crippen LogP contribution in [0.3, 0.4) is 0 Å². The highest BCUT2D eigenvalue weighted by Gasteiger charge is 2.22. The van der Waals surface area contributed by atoms with E-state index in [2.05, 4.69) is 30.3 Å². The molecule has 1 heterocycles. The van der Waals surface area contributed by atoms with Gasteiger partial charge in [-0.3, -0.25) is 5.32 Å². The van der Waals surface area contributed by atoms with Crippen LogP contribution in [0, 0.1) is 12.3 Å². The van der Waals surface area contributed by atoms with Crippen molar-refractivity contribution in [2.45, 2.75) is 38.3 Å². The molecule has 0 spiro atoms. The topological polar surface area (TPSA) is 21.3 Å². The van der Waals surface area contributed by atoms with E-state index in [9.17, 15) is 0 Å². The van der Waals surface area contributed by atoms with Crippen LogP contribution in [0.5, 0.6) is 5.75 Å². The van der Waals surface area contributed by atoms with Gasteiger partial charge >= 0.3 is 0 Å². The van der Waals surface area contributed by atoms with E-state index < -0.39 is 0 Å². The van der Waals surface area contributed by atoms with E-state index in [1.807, 2.05) is 12.1 Å². The average molecular weight is 229 g/mol. The summed E-state index contributed by atoms with van der Waals surface area (Å²) in [5.41, 5.74) is 1.30. The van der Waals surface area contributed by atoms with Crippen LogP contribution in [-0.4, -0.2) is 18.7 Å². The molecular weight excluding hydrogens is 210 g/mol. The lowest BCUT2D eigenvalue weighted by Crippen LogP contribution is -2.36. The van der Waals surface area contributed by atoms with E-state index in [1.54, 1.807) is 0 Å². The molecule has 2 nitrogen and oxygen atoms in total. The smallest absolute Gasteiger partial charge is 0.123 e. The molecule has 1 aromatic carbocycles. The first-order valence-electron chi connectivity index (χ1n) is 6.27. The molecule has 1 N–H and O–H groups in total. The zero-order chi connectivity index (χ0) is 12.1. The third kappa shape index (κ3) is 3.01. The molecule has 1 aliphatic rings. The molecule has 2 unspecified atom stereocenters. The Morgan fingerprint density at radius 3 is 3.06 bits per heavy atom. The van der Waals surface area contributed by atoms with Crippen LogP contribution in [-0.2, 0) is 6.42 Å². The Kier molecular flexibility index (Phi) is 4.06. The van der Waals surface area contributed by atoms with Gasteiger partial charge in [-0.05, 0) is 18.1 Å². The third-order valence-electron chi connectivity index (χ3n) is 3.08. The minimum Gasteiger partial charge on any atom is -0.488 e. The molecule has 2 atom stereocenters. The van der Waals surface area contributed by atoms with E-state index in [1.165, 1.54) is 5.56 Å². The Morgan fingerprint density at radius 1 is 1.53 bits per heavy atom. The lowest BCUT2D eigenvalue weighted by Gasteiger charge is -2.16. The molecule has 0 saturated carbocycles. The monoisotopic (exact) mass is 229 g/mol. The minimum atomic E-state index is 0.173. The van der Waals surface area contributed by atoms with Gasteiger partial charge in [0.1, 0.15) is 11.9 Å². The highest BCUT2D eigenvalue weighted by Crippen LogP contribution is 2.27. The van der Waals surface area contributed by atoms with Crippen molar-refractivity contribution in [3.05, 3.63) is 29.8 Å². The Balaban J connectivity index is 1.82. The van der Waals surface area contributed by atoms with Crippen molar-refractivity contribution in [2.24, 2.45) is 0 Å². The number of benzene rings is 1. The summed E-state index contributed by atoms with van der Waals surface area (Å²) in [4.78, 5) is 0. The van der Waals surface area contributed by atoms with Crippen LogP contribution >= 0.6 is 0 Å². The summed E-state index contributed by atoms with van der Waals surface area (Å²) in [5.74, 6) is 3.80. The number of hydrogen-bond acceptors (Lipinski definition) is 2. The zero-order valence-electron chi connectivity index (χ0n) is 10.3. The maximum absolute atomic E-state index is 5.85. The van der Waals surface area contributed by atoms with Crippen molar-refractivity contribution < 1.29 is 4.74 Å². The van der Waals surface area contributed by atoms with Crippen LogP contribution in [0.4, 0.5) is 0 Å². The van der Waals surface area contributed by atoms with Gasteiger partial charge in [-0.1, -0.05) is 37.5 Å². The van der Waals surface area contributed by atoms with Gasteiger partial charge in [0.25, 0.3) is 0 Å². The van der Waals surface area contributed by atoms with Crippen molar-refractivity contribution in [3.63, 3.8) is 0 Å². The second-order valence-corrected chi connectivity index (χ2v) is 4.47. The van der Waals surface area contributed by atoms with Crippen molar-refractivity contribution in [2.75, 3.05) is 6.54 Å². The van der Waals surface area contributed by atoms with Crippen LogP contribution in [0.25, 0.3) is 0 Å². The second kappa shape index (κ2) is 5.75. The fraction of sp³-hybridized carbons (Fsp3) is 0.467. The Labute approximate surface area is 103 Å². The third-order valence-corrected chi connectivity index (χ3v) is 3.08. The maximum Gasteiger partial charge on any atom is 0.123 e. The van der Waals surface area contributed by atoms with Crippen molar-refractivity contribution >= 4 is 0 Å². The van der Waals surface area contributed by atoms with Crippen molar-refractivity contribution in [1.82, 2.24) is 5.32 Å². The molecule has 1 aromatic rings. The van der Waals surface area contributed by atoms with Gasteiger partial charge in [0.05, 0.1) is 6.04 Å². The standard InChI is InChI=1S/C15H19NO/c1-3-7-13(4-2)16-11-14-10-12-8-5-6-9-15(12)17-14/h2,5-6,8-9,13-14,16H,3,7,10-11H2,1H3. The van der Waals surface area contributed by atoms with Crippen LogP contribution in [0.1, 0.15) is 25.3 Å². The molecule has 0 fully saturated rings. The van der Waals surface area contributed by atoms with Gasteiger partial charge in [0.15, 0.2) is 0 Å². The quantitative estimate of drug-likeness (QED) is 0.783. The zero-order valence-corrected chi connectivity index (χ0v) is 10.3. The molecule has 0 aliphatic carbocycles. The van der Waals surface area contributed by atoms with Gasteiger partial charge in [-0.25, -0.2) is 0 Å². The molecule has 0 amide bonds. The fourth-order valence-electron chi connectivity index (χ4n) is 2.17. The first kappa shape index (κ1) is 12.0. The van der Waals surface area contributed by atoms with Crippen LogP contribution in [0.2, 0.25) is 0 Å². The normalized spacial score (nSPS) is 19.2.